The summed E-state index contributed by atoms with van der Waals surface area (Å²) in [7, 11) is 1.45. The summed E-state index contributed by atoms with van der Waals surface area (Å²) >= 11 is 7.52. The molecule has 8 heteroatoms. The standard InChI is InChI=1S/C21H16ClFN4OS/c1-28-19-7-2-14(12-18(19)23)13-29-21-26-25-20(15-8-10-24-11-9-15)27(21)17-5-3-16(22)4-6-17/h2-12H,13H2,1H3. The zero-order valence-electron chi connectivity index (χ0n) is 15.4. The minimum absolute atomic E-state index is 0.225. The maximum Gasteiger partial charge on any atom is 0.196 e. The summed E-state index contributed by atoms with van der Waals surface area (Å²) < 4.78 is 20.9. The topological polar surface area (TPSA) is 52.8 Å². The molecule has 2 aromatic carbocycles. The molecule has 0 aliphatic carbocycles. The van der Waals surface area contributed by atoms with Crippen molar-refractivity contribution in [3.63, 3.8) is 0 Å². The lowest BCUT2D eigenvalue weighted by Gasteiger charge is -2.11. The van der Waals surface area contributed by atoms with Gasteiger partial charge in [-0.05, 0) is 54.1 Å². The summed E-state index contributed by atoms with van der Waals surface area (Å²) in [6.45, 7) is 0. The lowest BCUT2D eigenvalue weighted by molar-refractivity contribution is 0.386. The van der Waals surface area contributed by atoms with Crippen molar-refractivity contribution in [3.05, 3.63) is 83.4 Å². The van der Waals surface area contributed by atoms with E-state index >= 15 is 0 Å². The summed E-state index contributed by atoms with van der Waals surface area (Å²) in [5.41, 5.74) is 2.60. The molecule has 0 saturated carbocycles. The minimum Gasteiger partial charge on any atom is -0.494 e. The molecule has 0 amide bonds. The fourth-order valence-electron chi connectivity index (χ4n) is 2.82. The first kappa shape index (κ1) is 19.4. The highest BCUT2D eigenvalue weighted by Crippen LogP contribution is 2.30. The number of hydrogen-bond donors (Lipinski definition) is 0. The zero-order chi connectivity index (χ0) is 20.2. The number of methoxy groups -OCH3 is 1. The lowest BCUT2D eigenvalue weighted by atomic mass is 10.2. The summed E-state index contributed by atoms with van der Waals surface area (Å²) in [5, 5.41) is 10.1. The van der Waals surface area contributed by atoms with Gasteiger partial charge in [0.05, 0.1) is 7.11 Å². The molecule has 4 rings (SSSR count). The van der Waals surface area contributed by atoms with Crippen LogP contribution in [-0.2, 0) is 5.75 Å². The maximum absolute atomic E-state index is 14.0. The van der Waals surface area contributed by atoms with Crippen molar-refractivity contribution in [2.45, 2.75) is 10.9 Å². The fourth-order valence-corrected chi connectivity index (χ4v) is 3.84. The van der Waals surface area contributed by atoms with Crippen LogP contribution in [0.1, 0.15) is 5.56 Å². The molecular formula is C21H16ClFN4OS. The largest absolute Gasteiger partial charge is 0.494 e. The van der Waals surface area contributed by atoms with Crippen molar-refractivity contribution in [1.82, 2.24) is 19.7 Å². The quantitative estimate of drug-likeness (QED) is 0.385. The van der Waals surface area contributed by atoms with Gasteiger partial charge >= 0.3 is 0 Å². The van der Waals surface area contributed by atoms with Crippen molar-refractivity contribution in [2.24, 2.45) is 0 Å². The maximum atomic E-state index is 14.0. The molecule has 0 bridgehead atoms. The number of ether oxygens (including phenoxy) is 1. The molecule has 0 unspecified atom stereocenters. The summed E-state index contributed by atoms with van der Waals surface area (Å²) in [5.74, 6) is 1.06. The van der Waals surface area contributed by atoms with Crippen LogP contribution in [0, 0.1) is 5.82 Å². The predicted octanol–water partition coefficient (Wildman–Crippen LogP) is 5.42. The second kappa shape index (κ2) is 8.63. The van der Waals surface area contributed by atoms with E-state index in [2.05, 4.69) is 15.2 Å². The molecule has 5 nitrogen and oxygen atoms in total. The Morgan fingerprint density at radius 1 is 1.03 bits per heavy atom. The van der Waals surface area contributed by atoms with Gasteiger partial charge in [0, 0.05) is 34.4 Å². The number of thioether (sulfide) groups is 1. The van der Waals surface area contributed by atoms with Gasteiger partial charge in [-0.2, -0.15) is 0 Å². The number of halogens is 2. The van der Waals surface area contributed by atoms with Crippen molar-refractivity contribution in [2.75, 3.05) is 7.11 Å². The first-order chi connectivity index (χ1) is 14.2. The average Bonchev–Trinajstić information content (AvgIpc) is 3.17. The predicted molar refractivity (Wildman–Crippen MR) is 112 cm³/mol. The smallest absolute Gasteiger partial charge is 0.196 e. The molecule has 0 aliphatic rings. The highest BCUT2D eigenvalue weighted by molar-refractivity contribution is 7.98. The van der Waals surface area contributed by atoms with Gasteiger partial charge in [0.25, 0.3) is 0 Å². The van der Waals surface area contributed by atoms with Crippen molar-refractivity contribution < 1.29 is 9.13 Å². The van der Waals surface area contributed by atoms with Gasteiger partial charge in [0.2, 0.25) is 0 Å². The van der Waals surface area contributed by atoms with Crippen LogP contribution in [0.3, 0.4) is 0 Å². The monoisotopic (exact) mass is 426 g/mol. The first-order valence-corrected chi connectivity index (χ1v) is 10.1. The third-order valence-electron chi connectivity index (χ3n) is 4.24. The Morgan fingerprint density at radius 3 is 2.48 bits per heavy atom. The van der Waals surface area contributed by atoms with Gasteiger partial charge in [0.15, 0.2) is 22.5 Å². The summed E-state index contributed by atoms with van der Waals surface area (Å²) in [6.07, 6.45) is 3.42. The van der Waals surface area contributed by atoms with Crippen LogP contribution in [0.4, 0.5) is 4.39 Å². The Balaban J connectivity index is 1.69. The van der Waals surface area contributed by atoms with E-state index < -0.39 is 0 Å². The molecular weight excluding hydrogens is 411 g/mol. The van der Waals surface area contributed by atoms with E-state index in [-0.39, 0.29) is 11.6 Å². The molecule has 4 aromatic rings. The number of aromatic nitrogens is 4. The normalized spacial score (nSPS) is 10.9. The minimum atomic E-state index is -0.387. The molecule has 0 N–H and O–H groups in total. The molecule has 2 heterocycles. The number of pyridine rings is 1. The van der Waals surface area contributed by atoms with E-state index in [0.29, 0.717) is 21.8 Å². The van der Waals surface area contributed by atoms with Gasteiger partial charge in [-0.1, -0.05) is 29.4 Å². The van der Waals surface area contributed by atoms with Crippen LogP contribution in [0.25, 0.3) is 17.1 Å². The third-order valence-corrected chi connectivity index (χ3v) is 5.49. The van der Waals surface area contributed by atoms with E-state index in [1.165, 1.54) is 24.9 Å². The van der Waals surface area contributed by atoms with Gasteiger partial charge < -0.3 is 4.74 Å². The van der Waals surface area contributed by atoms with E-state index in [1.54, 1.807) is 18.5 Å². The van der Waals surface area contributed by atoms with Gasteiger partial charge in [0.1, 0.15) is 0 Å². The Morgan fingerprint density at radius 2 is 1.79 bits per heavy atom. The van der Waals surface area contributed by atoms with Crippen LogP contribution >= 0.6 is 23.4 Å². The molecule has 0 spiro atoms. The summed E-state index contributed by atoms with van der Waals surface area (Å²) in [4.78, 5) is 4.06. The van der Waals surface area contributed by atoms with Gasteiger partial charge in [-0.3, -0.25) is 9.55 Å². The average molecular weight is 427 g/mol. The Labute approximate surface area is 176 Å². The van der Waals surface area contributed by atoms with Crippen LogP contribution < -0.4 is 4.74 Å². The van der Waals surface area contributed by atoms with Crippen LogP contribution in [0.15, 0.2) is 72.1 Å². The molecule has 29 heavy (non-hydrogen) atoms. The molecule has 2 aromatic heterocycles. The Hall–Kier alpha value is -2.90. The molecule has 0 radical (unpaired) electrons. The number of nitrogens with zero attached hydrogens (tertiary/aromatic N) is 4. The first-order valence-electron chi connectivity index (χ1n) is 8.72. The van der Waals surface area contributed by atoms with Crippen LogP contribution in [0.2, 0.25) is 5.02 Å². The van der Waals surface area contributed by atoms with Crippen molar-refractivity contribution in [1.29, 1.82) is 0 Å². The second-order valence-corrected chi connectivity index (χ2v) is 7.49. The van der Waals surface area contributed by atoms with E-state index in [9.17, 15) is 4.39 Å². The molecule has 0 atom stereocenters. The summed E-state index contributed by atoms with van der Waals surface area (Å²) in [6, 6.07) is 16.1. The van der Waals surface area contributed by atoms with Crippen LogP contribution in [0.5, 0.6) is 5.75 Å². The van der Waals surface area contributed by atoms with Crippen molar-refractivity contribution >= 4 is 23.4 Å². The fraction of sp³-hybridized carbons (Fsp3) is 0.0952. The Kier molecular flexibility index (Phi) is 5.78. The van der Waals surface area contributed by atoms with Crippen LogP contribution in [-0.4, -0.2) is 26.9 Å². The second-order valence-electron chi connectivity index (χ2n) is 6.11. The molecule has 0 aliphatic heterocycles. The molecule has 0 saturated heterocycles. The third kappa shape index (κ3) is 4.26. The van der Waals surface area contributed by atoms with E-state index in [1.807, 2.05) is 47.0 Å². The number of benzene rings is 2. The zero-order valence-corrected chi connectivity index (χ0v) is 17.0. The van der Waals surface area contributed by atoms with Gasteiger partial charge in [-0.25, -0.2) is 4.39 Å². The lowest BCUT2D eigenvalue weighted by Crippen LogP contribution is -2.00. The van der Waals surface area contributed by atoms with Crippen molar-refractivity contribution in [3.8, 4) is 22.8 Å². The SMILES string of the molecule is COc1ccc(CSc2nnc(-c3ccncc3)n2-c2ccc(Cl)cc2)cc1F. The van der Waals surface area contributed by atoms with E-state index in [4.69, 9.17) is 16.3 Å². The van der Waals surface area contributed by atoms with Gasteiger partial charge in [-0.15, -0.1) is 10.2 Å². The highest BCUT2D eigenvalue weighted by Gasteiger charge is 2.16. The molecule has 0 fully saturated rings. The highest BCUT2D eigenvalue weighted by atomic mass is 35.5. The van der Waals surface area contributed by atoms with E-state index in [0.717, 1.165) is 16.8 Å². The number of rotatable bonds is 6. The Bertz CT molecular complexity index is 1120. The molecule has 146 valence electrons. The number of hydrogen-bond acceptors (Lipinski definition) is 5.